The summed E-state index contributed by atoms with van der Waals surface area (Å²) in [6.07, 6.45) is 0. The molecule has 0 aromatic carbocycles. The van der Waals surface area contributed by atoms with Gasteiger partial charge in [0, 0.05) is 16.0 Å². The highest BCUT2D eigenvalue weighted by Crippen LogP contribution is 2.17. The number of carbonyl (C=O) groups is 1. The van der Waals surface area contributed by atoms with E-state index in [9.17, 15) is 14.7 Å². The second-order valence-electron chi connectivity index (χ2n) is 4.37. The molecule has 8 heteroatoms. The van der Waals surface area contributed by atoms with Crippen LogP contribution in [0.1, 0.15) is 20.9 Å². The first kappa shape index (κ1) is 13.8. The van der Waals surface area contributed by atoms with Crippen molar-refractivity contribution in [1.29, 1.82) is 0 Å². The Morgan fingerprint density at radius 2 is 2.29 bits per heavy atom. The first-order valence-electron chi connectivity index (χ1n) is 6.08. The van der Waals surface area contributed by atoms with Crippen molar-refractivity contribution in [2.45, 2.75) is 13.5 Å². The van der Waals surface area contributed by atoms with Crippen LogP contribution in [0, 0.1) is 6.92 Å². The van der Waals surface area contributed by atoms with E-state index in [1.807, 2.05) is 17.5 Å². The average molecular weight is 321 g/mol. The SMILES string of the molecule is Cc1csc2nc(O)c(C(=O)NCc3cccs3)c(=O)n12. The molecule has 0 atom stereocenters. The van der Waals surface area contributed by atoms with Gasteiger partial charge in [-0.3, -0.25) is 14.0 Å². The van der Waals surface area contributed by atoms with Crippen molar-refractivity contribution in [2.24, 2.45) is 0 Å². The normalized spacial score (nSPS) is 10.9. The highest BCUT2D eigenvalue weighted by Gasteiger charge is 2.21. The number of nitrogens with one attached hydrogen (secondary N) is 1. The van der Waals surface area contributed by atoms with Gasteiger partial charge in [0.05, 0.1) is 6.54 Å². The number of thiophene rings is 1. The third kappa shape index (κ3) is 2.43. The summed E-state index contributed by atoms with van der Waals surface area (Å²) in [5.74, 6) is -1.16. The van der Waals surface area contributed by atoms with Crippen LogP contribution in [0.25, 0.3) is 4.96 Å². The van der Waals surface area contributed by atoms with Crippen LogP contribution in [0.15, 0.2) is 27.7 Å². The zero-order valence-electron chi connectivity index (χ0n) is 11.0. The summed E-state index contributed by atoms with van der Waals surface area (Å²) in [5.41, 5.74) is -0.203. The van der Waals surface area contributed by atoms with Gasteiger partial charge in [0.2, 0.25) is 5.88 Å². The molecule has 1 amide bonds. The number of hydrogen-bond donors (Lipinski definition) is 2. The molecule has 21 heavy (non-hydrogen) atoms. The Labute approximate surface area is 127 Å². The largest absolute Gasteiger partial charge is 0.492 e. The lowest BCUT2D eigenvalue weighted by atomic mass is 10.3. The van der Waals surface area contributed by atoms with Crippen LogP contribution in [0.4, 0.5) is 0 Å². The molecule has 3 rings (SSSR count). The fraction of sp³-hybridized carbons (Fsp3) is 0.154. The number of aromatic hydroxyl groups is 1. The Morgan fingerprint density at radius 1 is 1.48 bits per heavy atom. The van der Waals surface area contributed by atoms with E-state index in [2.05, 4.69) is 10.3 Å². The minimum atomic E-state index is -0.626. The number of rotatable bonds is 3. The summed E-state index contributed by atoms with van der Waals surface area (Å²) >= 11 is 2.74. The number of aromatic nitrogens is 2. The van der Waals surface area contributed by atoms with Crippen molar-refractivity contribution in [3.8, 4) is 5.88 Å². The van der Waals surface area contributed by atoms with Gasteiger partial charge in [0.25, 0.3) is 11.5 Å². The van der Waals surface area contributed by atoms with Gasteiger partial charge < -0.3 is 10.4 Å². The lowest BCUT2D eigenvalue weighted by Crippen LogP contribution is -2.31. The van der Waals surface area contributed by atoms with Crippen LogP contribution >= 0.6 is 22.7 Å². The maximum absolute atomic E-state index is 12.3. The number of thiazole rings is 1. The van der Waals surface area contributed by atoms with Gasteiger partial charge >= 0.3 is 0 Å². The summed E-state index contributed by atoms with van der Waals surface area (Å²) < 4.78 is 1.32. The zero-order valence-corrected chi connectivity index (χ0v) is 12.6. The molecule has 6 nitrogen and oxygen atoms in total. The molecule has 0 bridgehead atoms. The van der Waals surface area contributed by atoms with Crippen molar-refractivity contribution >= 4 is 33.5 Å². The molecule has 0 radical (unpaired) electrons. The van der Waals surface area contributed by atoms with E-state index in [0.717, 1.165) is 4.88 Å². The van der Waals surface area contributed by atoms with Crippen LogP contribution in [-0.4, -0.2) is 20.4 Å². The predicted octanol–water partition coefficient (Wildman–Crippen LogP) is 1.76. The van der Waals surface area contributed by atoms with E-state index in [4.69, 9.17) is 0 Å². The zero-order chi connectivity index (χ0) is 15.0. The number of fused-ring (bicyclic) bond motifs is 1. The van der Waals surface area contributed by atoms with Gasteiger partial charge in [0.1, 0.15) is 0 Å². The molecule has 2 N–H and O–H groups in total. The van der Waals surface area contributed by atoms with Crippen LogP contribution in [0.2, 0.25) is 0 Å². The minimum absolute atomic E-state index is 0.306. The standard InChI is InChI=1S/C13H11N3O3S2/c1-7-6-21-13-15-11(18)9(12(19)16(7)13)10(17)14-5-8-3-2-4-20-8/h2-4,6,18H,5H2,1H3,(H,14,17). The summed E-state index contributed by atoms with van der Waals surface area (Å²) in [5, 5.41) is 16.1. The Balaban J connectivity index is 1.97. The van der Waals surface area contributed by atoms with Crippen molar-refractivity contribution < 1.29 is 9.90 Å². The summed E-state index contributed by atoms with van der Waals surface area (Å²) in [6.45, 7) is 2.05. The third-order valence-corrected chi connectivity index (χ3v) is 4.77. The van der Waals surface area contributed by atoms with Gasteiger partial charge in [-0.15, -0.1) is 22.7 Å². The van der Waals surface area contributed by atoms with Crippen LogP contribution in [-0.2, 0) is 6.54 Å². The van der Waals surface area contributed by atoms with Crippen LogP contribution < -0.4 is 10.9 Å². The fourth-order valence-corrected chi connectivity index (χ4v) is 3.44. The highest BCUT2D eigenvalue weighted by atomic mass is 32.1. The molecular weight excluding hydrogens is 310 g/mol. The summed E-state index contributed by atoms with van der Waals surface area (Å²) in [7, 11) is 0. The number of aryl methyl sites for hydroxylation is 1. The smallest absolute Gasteiger partial charge is 0.275 e. The molecule has 0 aliphatic rings. The first-order valence-corrected chi connectivity index (χ1v) is 7.84. The molecule has 3 aromatic rings. The van der Waals surface area contributed by atoms with Crippen molar-refractivity contribution in [3.05, 3.63) is 49.4 Å². The van der Waals surface area contributed by atoms with Crippen molar-refractivity contribution in [1.82, 2.24) is 14.7 Å². The number of carbonyl (C=O) groups excluding carboxylic acids is 1. The molecule has 3 heterocycles. The van der Waals surface area contributed by atoms with Gasteiger partial charge in [-0.2, -0.15) is 4.98 Å². The molecule has 0 saturated heterocycles. The molecule has 0 saturated carbocycles. The first-order chi connectivity index (χ1) is 10.1. The number of amides is 1. The molecule has 0 unspecified atom stereocenters. The molecule has 108 valence electrons. The Hall–Kier alpha value is -2.19. The van der Waals surface area contributed by atoms with E-state index in [1.165, 1.54) is 27.1 Å². The minimum Gasteiger partial charge on any atom is -0.492 e. The maximum Gasteiger partial charge on any atom is 0.275 e. The van der Waals surface area contributed by atoms with E-state index in [0.29, 0.717) is 17.2 Å². The Morgan fingerprint density at radius 3 is 3.00 bits per heavy atom. The van der Waals surface area contributed by atoms with E-state index < -0.39 is 17.3 Å². The fourth-order valence-electron chi connectivity index (χ4n) is 1.94. The van der Waals surface area contributed by atoms with E-state index >= 15 is 0 Å². The topological polar surface area (TPSA) is 83.7 Å². The molecule has 0 aliphatic heterocycles. The van der Waals surface area contributed by atoms with Crippen LogP contribution in [0.3, 0.4) is 0 Å². The van der Waals surface area contributed by atoms with Gasteiger partial charge in [0.15, 0.2) is 10.5 Å². The quantitative estimate of drug-likeness (QED) is 0.770. The molecule has 3 aromatic heterocycles. The molecule has 0 spiro atoms. The van der Waals surface area contributed by atoms with Crippen molar-refractivity contribution in [3.63, 3.8) is 0 Å². The molecular formula is C13H11N3O3S2. The summed E-state index contributed by atoms with van der Waals surface area (Å²) in [4.78, 5) is 29.7. The average Bonchev–Trinajstić information content (AvgIpc) is 3.06. The van der Waals surface area contributed by atoms with Gasteiger partial charge in [-0.25, -0.2) is 0 Å². The Kier molecular flexibility index (Phi) is 3.48. The lowest BCUT2D eigenvalue weighted by Gasteiger charge is -2.05. The number of hydrogen-bond acceptors (Lipinski definition) is 6. The second-order valence-corrected chi connectivity index (χ2v) is 6.24. The highest BCUT2D eigenvalue weighted by molar-refractivity contribution is 7.15. The van der Waals surface area contributed by atoms with E-state index in [1.54, 1.807) is 12.3 Å². The van der Waals surface area contributed by atoms with Gasteiger partial charge in [-0.05, 0) is 18.4 Å². The van der Waals surface area contributed by atoms with Crippen molar-refractivity contribution in [2.75, 3.05) is 0 Å². The number of nitrogens with zero attached hydrogens (tertiary/aromatic N) is 2. The monoisotopic (exact) mass is 321 g/mol. The maximum atomic E-state index is 12.3. The lowest BCUT2D eigenvalue weighted by molar-refractivity contribution is 0.0946. The molecule has 0 fully saturated rings. The van der Waals surface area contributed by atoms with E-state index in [-0.39, 0.29) is 5.56 Å². The third-order valence-electron chi connectivity index (χ3n) is 2.95. The second kappa shape index (κ2) is 5.30. The van der Waals surface area contributed by atoms with Crippen LogP contribution in [0.5, 0.6) is 5.88 Å². The summed E-state index contributed by atoms with van der Waals surface area (Å²) in [6, 6.07) is 3.75. The predicted molar refractivity (Wildman–Crippen MR) is 81.2 cm³/mol. The molecule has 0 aliphatic carbocycles. The van der Waals surface area contributed by atoms with Gasteiger partial charge in [-0.1, -0.05) is 6.07 Å². The Bertz CT molecular complexity index is 865.